The summed E-state index contributed by atoms with van der Waals surface area (Å²) in [6.45, 7) is 1.92. The van der Waals surface area contributed by atoms with Gasteiger partial charge in [-0.15, -0.1) is 11.3 Å². The lowest BCUT2D eigenvalue weighted by atomic mass is 10.1. The molecule has 0 bridgehead atoms. The van der Waals surface area contributed by atoms with Gasteiger partial charge in [-0.2, -0.15) is 0 Å². The van der Waals surface area contributed by atoms with E-state index in [1.807, 2.05) is 6.92 Å². The molecular formula is C13H15N3O2S. The van der Waals surface area contributed by atoms with Crippen LogP contribution in [0, 0.1) is 6.92 Å². The standard InChI is InChI=1S/C13H15N3O2S/c1-8-7-15-13(19-8)16-12(18)11(14)6-9-2-4-10(17)5-3-9/h2-5,7,11,17H,6,14H2,1H3,(H,15,16,18)/t11-/m0/s1. The van der Waals surface area contributed by atoms with E-state index < -0.39 is 6.04 Å². The number of nitrogens with one attached hydrogen (secondary N) is 1. The zero-order valence-corrected chi connectivity index (χ0v) is 11.3. The Kier molecular flexibility index (Phi) is 4.13. The molecule has 2 rings (SSSR count). The normalized spacial score (nSPS) is 12.1. The average Bonchev–Trinajstić information content (AvgIpc) is 2.77. The van der Waals surface area contributed by atoms with Crippen molar-refractivity contribution >= 4 is 22.4 Å². The molecule has 4 N–H and O–H groups in total. The highest BCUT2D eigenvalue weighted by Gasteiger charge is 2.15. The zero-order valence-electron chi connectivity index (χ0n) is 10.5. The molecule has 0 aliphatic rings. The minimum Gasteiger partial charge on any atom is -0.508 e. The molecular weight excluding hydrogens is 262 g/mol. The maximum absolute atomic E-state index is 11.9. The number of anilines is 1. The van der Waals surface area contributed by atoms with Crippen LogP contribution in [0.5, 0.6) is 5.75 Å². The third-order valence-corrected chi connectivity index (χ3v) is 3.41. The lowest BCUT2D eigenvalue weighted by Crippen LogP contribution is -2.37. The van der Waals surface area contributed by atoms with Gasteiger partial charge in [0.25, 0.3) is 0 Å². The molecule has 5 nitrogen and oxygen atoms in total. The molecule has 6 heteroatoms. The minimum absolute atomic E-state index is 0.194. The maximum atomic E-state index is 11.9. The second-order valence-corrected chi connectivity index (χ2v) is 5.48. The molecule has 1 heterocycles. The van der Waals surface area contributed by atoms with E-state index in [1.54, 1.807) is 30.5 Å². The molecule has 0 fully saturated rings. The Bertz CT molecular complexity index is 566. The third kappa shape index (κ3) is 3.77. The van der Waals surface area contributed by atoms with E-state index in [1.165, 1.54) is 11.3 Å². The largest absolute Gasteiger partial charge is 0.508 e. The topological polar surface area (TPSA) is 88.2 Å². The van der Waals surface area contributed by atoms with Gasteiger partial charge in [0.1, 0.15) is 5.75 Å². The molecule has 0 spiro atoms. The van der Waals surface area contributed by atoms with E-state index >= 15 is 0 Å². The maximum Gasteiger partial charge on any atom is 0.243 e. The highest BCUT2D eigenvalue weighted by Crippen LogP contribution is 2.17. The first-order valence-corrected chi connectivity index (χ1v) is 6.63. The Hall–Kier alpha value is -1.92. The van der Waals surface area contributed by atoms with Gasteiger partial charge >= 0.3 is 0 Å². The van der Waals surface area contributed by atoms with E-state index in [0.717, 1.165) is 10.4 Å². The summed E-state index contributed by atoms with van der Waals surface area (Å²) in [7, 11) is 0. The fourth-order valence-electron chi connectivity index (χ4n) is 1.59. The van der Waals surface area contributed by atoms with Crippen molar-refractivity contribution in [2.75, 3.05) is 5.32 Å². The van der Waals surface area contributed by atoms with Crippen molar-refractivity contribution in [1.29, 1.82) is 0 Å². The first-order valence-electron chi connectivity index (χ1n) is 5.81. The molecule has 0 unspecified atom stereocenters. The summed E-state index contributed by atoms with van der Waals surface area (Å²) >= 11 is 1.41. The van der Waals surface area contributed by atoms with Gasteiger partial charge in [-0.1, -0.05) is 12.1 Å². The van der Waals surface area contributed by atoms with Crippen LogP contribution in [0.1, 0.15) is 10.4 Å². The highest BCUT2D eigenvalue weighted by atomic mass is 32.1. The number of rotatable bonds is 4. The number of aromatic nitrogens is 1. The van der Waals surface area contributed by atoms with Crippen LogP contribution in [-0.4, -0.2) is 22.0 Å². The van der Waals surface area contributed by atoms with Gasteiger partial charge in [0.05, 0.1) is 6.04 Å². The Balaban J connectivity index is 1.94. The summed E-state index contributed by atoms with van der Waals surface area (Å²) in [5.41, 5.74) is 6.74. The number of nitrogens with zero attached hydrogens (tertiary/aromatic N) is 1. The number of aryl methyl sites for hydroxylation is 1. The molecule has 1 amide bonds. The molecule has 0 aliphatic heterocycles. The van der Waals surface area contributed by atoms with E-state index in [9.17, 15) is 9.90 Å². The van der Waals surface area contributed by atoms with Crippen molar-refractivity contribution < 1.29 is 9.90 Å². The molecule has 0 saturated heterocycles. The SMILES string of the molecule is Cc1cnc(NC(=O)[C@@H](N)Cc2ccc(O)cc2)s1. The van der Waals surface area contributed by atoms with Gasteiger partial charge in [0, 0.05) is 11.1 Å². The van der Waals surface area contributed by atoms with Gasteiger partial charge in [-0.25, -0.2) is 4.98 Å². The zero-order chi connectivity index (χ0) is 13.8. The highest BCUT2D eigenvalue weighted by molar-refractivity contribution is 7.15. The van der Waals surface area contributed by atoms with Gasteiger partial charge in [-0.3, -0.25) is 4.79 Å². The van der Waals surface area contributed by atoms with E-state index in [0.29, 0.717) is 11.6 Å². The summed E-state index contributed by atoms with van der Waals surface area (Å²) in [4.78, 5) is 17.0. The Morgan fingerprint density at radius 1 is 1.47 bits per heavy atom. The number of carbonyl (C=O) groups excluding carboxylic acids is 1. The van der Waals surface area contributed by atoms with Crippen molar-refractivity contribution in [2.24, 2.45) is 5.73 Å². The number of aromatic hydroxyl groups is 1. The molecule has 1 aromatic carbocycles. The Morgan fingerprint density at radius 3 is 2.74 bits per heavy atom. The third-order valence-electron chi connectivity index (χ3n) is 2.58. The van der Waals surface area contributed by atoms with Crippen LogP contribution in [-0.2, 0) is 11.2 Å². The smallest absolute Gasteiger partial charge is 0.243 e. The van der Waals surface area contributed by atoms with Crippen LogP contribution in [0.4, 0.5) is 5.13 Å². The predicted octanol–water partition coefficient (Wildman–Crippen LogP) is 1.67. The molecule has 2 aromatic rings. The minimum atomic E-state index is -0.645. The number of phenols is 1. The number of thiazole rings is 1. The van der Waals surface area contributed by atoms with Crippen molar-refractivity contribution in [3.8, 4) is 5.75 Å². The molecule has 1 aromatic heterocycles. The van der Waals surface area contributed by atoms with Gasteiger partial charge in [0.15, 0.2) is 5.13 Å². The van der Waals surface area contributed by atoms with Crippen LogP contribution in [0.2, 0.25) is 0 Å². The molecule has 0 saturated carbocycles. The van der Waals surface area contributed by atoms with Crippen LogP contribution in [0.15, 0.2) is 30.5 Å². The van der Waals surface area contributed by atoms with E-state index in [2.05, 4.69) is 10.3 Å². The lowest BCUT2D eigenvalue weighted by molar-refractivity contribution is -0.117. The van der Waals surface area contributed by atoms with Crippen LogP contribution in [0.3, 0.4) is 0 Å². The van der Waals surface area contributed by atoms with Crippen LogP contribution < -0.4 is 11.1 Å². The number of hydrogen-bond acceptors (Lipinski definition) is 5. The molecule has 19 heavy (non-hydrogen) atoms. The monoisotopic (exact) mass is 277 g/mol. The van der Waals surface area contributed by atoms with Crippen molar-refractivity contribution in [3.05, 3.63) is 40.9 Å². The van der Waals surface area contributed by atoms with Crippen molar-refractivity contribution in [2.45, 2.75) is 19.4 Å². The fourth-order valence-corrected chi connectivity index (χ4v) is 2.26. The average molecular weight is 277 g/mol. The summed E-state index contributed by atoms with van der Waals surface area (Å²) in [5, 5.41) is 12.4. The number of carbonyl (C=O) groups is 1. The fraction of sp³-hybridized carbons (Fsp3) is 0.231. The quantitative estimate of drug-likeness (QED) is 0.793. The van der Waals surface area contributed by atoms with Gasteiger partial charge < -0.3 is 16.2 Å². The molecule has 0 aliphatic carbocycles. The predicted molar refractivity (Wildman–Crippen MR) is 75.3 cm³/mol. The van der Waals surface area contributed by atoms with Crippen molar-refractivity contribution in [3.63, 3.8) is 0 Å². The van der Waals surface area contributed by atoms with Gasteiger partial charge in [-0.05, 0) is 31.0 Å². The number of phenolic OH excluding ortho intramolecular Hbond substituents is 1. The second-order valence-electron chi connectivity index (χ2n) is 4.24. The summed E-state index contributed by atoms with van der Waals surface area (Å²) in [5.74, 6) is -0.0672. The van der Waals surface area contributed by atoms with Crippen LogP contribution in [0.25, 0.3) is 0 Å². The molecule has 0 radical (unpaired) electrons. The summed E-state index contributed by atoms with van der Waals surface area (Å²) < 4.78 is 0. The molecule has 1 atom stereocenters. The lowest BCUT2D eigenvalue weighted by Gasteiger charge is -2.10. The number of amides is 1. The Morgan fingerprint density at radius 2 is 2.16 bits per heavy atom. The summed E-state index contributed by atoms with van der Waals surface area (Å²) in [6.07, 6.45) is 2.11. The van der Waals surface area contributed by atoms with E-state index in [-0.39, 0.29) is 11.7 Å². The first kappa shape index (κ1) is 13.5. The number of hydrogen-bond donors (Lipinski definition) is 3. The molecule has 100 valence electrons. The van der Waals surface area contributed by atoms with Crippen molar-refractivity contribution in [1.82, 2.24) is 4.98 Å². The van der Waals surface area contributed by atoms with Crippen LogP contribution >= 0.6 is 11.3 Å². The number of benzene rings is 1. The van der Waals surface area contributed by atoms with E-state index in [4.69, 9.17) is 5.73 Å². The first-order chi connectivity index (χ1) is 9.04. The number of nitrogens with two attached hydrogens (primary N) is 1. The van der Waals surface area contributed by atoms with Gasteiger partial charge in [0.2, 0.25) is 5.91 Å². The second kappa shape index (κ2) is 5.81. The Labute approximate surface area is 115 Å². The summed E-state index contributed by atoms with van der Waals surface area (Å²) in [6, 6.07) is 5.99.